The summed E-state index contributed by atoms with van der Waals surface area (Å²) in [5.74, 6) is -0.475. The standard InChI is InChI=1S/C16H22N2O4/c1-16(2,3)22-15(21)18-9-8-11(10-18)14(20)17-12-6-4-5-7-13(12)19/h4-7,11,19H,8-10H2,1-3H3,(H,17,20)/t11-/m1/s1. The van der Waals surface area contributed by atoms with E-state index in [4.69, 9.17) is 4.74 Å². The molecule has 0 saturated carbocycles. The maximum Gasteiger partial charge on any atom is 0.410 e. The first-order valence-electron chi connectivity index (χ1n) is 7.33. The van der Waals surface area contributed by atoms with Crippen molar-refractivity contribution in [1.82, 2.24) is 4.90 Å². The number of carbonyl (C=O) groups excluding carboxylic acids is 2. The molecule has 1 aromatic carbocycles. The monoisotopic (exact) mass is 306 g/mol. The Hall–Kier alpha value is -2.24. The van der Waals surface area contributed by atoms with Crippen LogP contribution in [0.3, 0.4) is 0 Å². The Labute approximate surface area is 130 Å². The fourth-order valence-electron chi connectivity index (χ4n) is 2.28. The van der Waals surface area contributed by atoms with Crippen LogP contribution in [0, 0.1) is 5.92 Å². The molecule has 0 bridgehead atoms. The number of nitrogens with zero attached hydrogens (tertiary/aromatic N) is 1. The zero-order valence-corrected chi connectivity index (χ0v) is 13.1. The van der Waals surface area contributed by atoms with Gasteiger partial charge >= 0.3 is 6.09 Å². The zero-order chi connectivity index (χ0) is 16.3. The van der Waals surface area contributed by atoms with Crippen molar-refractivity contribution in [1.29, 1.82) is 0 Å². The molecule has 2 amide bonds. The fraction of sp³-hybridized carbons (Fsp3) is 0.500. The summed E-state index contributed by atoms with van der Waals surface area (Å²) >= 11 is 0. The molecule has 0 radical (unpaired) electrons. The second-order valence-electron chi connectivity index (χ2n) is 6.42. The van der Waals surface area contributed by atoms with Gasteiger partial charge in [0.05, 0.1) is 11.6 Å². The zero-order valence-electron chi connectivity index (χ0n) is 13.1. The van der Waals surface area contributed by atoms with Gasteiger partial charge in [0.15, 0.2) is 0 Å². The van der Waals surface area contributed by atoms with E-state index >= 15 is 0 Å². The molecular formula is C16H22N2O4. The summed E-state index contributed by atoms with van der Waals surface area (Å²) in [5, 5.41) is 12.4. The lowest BCUT2D eigenvalue weighted by Gasteiger charge is -2.24. The number of hydrogen-bond donors (Lipinski definition) is 2. The topological polar surface area (TPSA) is 78.9 Å². The molecule has 2 N–H and O–H groups in total. The van der Waals surface area contributed by atoms with Crippen LogP contribution in [0.15, 0.2) is 24.3 Å². The number of phenolic OH excluding ortho intramolecular Hbond substituents is 1. The summed E-state index contributed by atoms with van der Waals surface area (Å²) < 4.78 is 5.30. The summed E-state index contributed by atoms with van der Waals surface area (Å²) in [7, 11) is 0. The van der Waals surface area contributed by atoms with Gasteiger partial charge in [-0.2, -0.15) is 0 Å². The average Bonchev–Trinajstić information content (AvgIpc) is 2.89. The summed E-state index contributed by atoms with van der Waals surface area (Å²) in [6.45, 7) is 6.25. The first kappa shape index (κ1) is 16.1. The normalized spacial score (nSPS) is 18.1. The number of likely N-dealkylation sites (tertiary alicyclic amines) is 1. The molecular weight excluding hydrogens is 284 g/mol. The number of aromatic hydroxyl groups is 1. The number of hydrogen-bond acceptors (Lipinski definition) is 4. The smallest absolute Gasteiger partial charge is 0.410 e. The number of phenols is 1. The molecule has 120 valence electrons. The van der Waals surface area contributed by atoms with E-state index in [9.17, 15) is 14.7 Å². The summed E-state index contributed by atoms with van der Waals surface area (Å²) in [4.78, 5) is 25.7. The van der Waals surface area contributed by atoms with Crippen LogP contribution in [0.5, 0.6) is 5.75 Å². The van der Waals surface area contributed by atoms with Gasteiger partial charge in [-0.25, -0.2) is 4.79 Å². The number of rotatable bonds is 2. The van der Waals surface area contributed by atoms with Crippen molar-refractivity contribution >= 4 is 17.7 Å². The Bertz CT molecular complexity index is 566. The van der Waals surface area contributed by atoms with Gasteiger partial charge in [0.25, 0.3) is 0 Å². The molecule has 0 aromatic heterocycles. The van der Waals surface area contributed by atoms with Crippen LogP contribution in [0.2, 0.25) is 0 Å². The lowest BCUT2D eigenvalue weighted by atomic mass is 10.1. The summed E-state index contributed by atoms with van der Waals surface area (Å²) in [6.07, 6.45) is 0.184. The van der Waals surface area contributed by atoms with Gasteiger partial charge in [0.1, 0.15) is 11.4 Å². The molecule has 1 aliphatic rings. The lowest BCUT2D eigenvalue weighted by Crippen LogP contribution is -2.36. The molecule has 2 rings (SSSR count). The first-order chi connectivity index (χ1) is 10.3. The number of amides is 2. The van der Waals surface area contributed by atoms with Crippen LogP contribution in [0.4, 0.5) is 10.5 Å². The number of ether oxygens (including phenoxy) is 1. The molecule has 1 saturated heterocycles. The van der Waals surface area contributed by atoms with Gasteiger partial charge in [-0.3, -0.25) is 4.79 Å². The Morgan fingerprint density at radius 3 is 2.64 bits per heavy atom. The molecule has 0 spiro atoms. The molecule has 22 heavy (non-hydrogen) atoms. The second kappa shape index (κ2) is 6.25. The molecule has 1 fully saturated rings. The van der Waals surface area contributed by atoms with Crippen LogP contribution in [-0.4, -0.2) is 40.7 Å². The molecule has 6 nitrogen and oxygen atoms in total. The van der Waals surface area contributed by atoms with E-state index in [1.54, 1.807) is 23.1 Å². The van der Waals surface area contributed by atoms with E-state index in [0.29, 0.717) is 25.2 Å². The highest BCUT2D eigenvalue weighted by Crippen LogP contribution is 2.25. The number of para-hydroxylation sites is 2. The SMILES string of the molecule is CC(C)(C)OC(=O)N1CC[C@@H](C(=O)Nc2ccccc2O)C1. The molecule has 1 atom stereocenters. The molecule has 0 unspecified atom stereocenters. The van der Waals surface area contributed by atoms with Gasteiger partial charge in [-0.1, -0.05) is 12.1 Å². The van der Waals surface area contributed by atoms with Crippen molar-refractivity contribution in [3.8, 4) is 5.75 Å². The van der Waals surface area contributed by atoms with Crippen molar-refractivity contribution in [3.05, 3.63) is 24.3 Å². The van der Waals surface area contributed by atoms with E-state index in [1.165, 1.54) is 6.07 Å². The average molecular weight is 306 g/mol. The largest absolute Gasteiger partial charge is 0.506 e. The van der Waals surface area contributed by atoms with E-state index in [-0.39, 0.29) is 17.6 Å². The highest BCUT2D eigenvalue weighted by atomic mass is 16.6. The van der Waals surface area contributed by atoms with E-state index in [2.05, 4.69) is 5.32 Å². The lowest BCUT2D eigenvalue weighted by molar-refractivity contribution is -0.119. The van der Waals surface area contributed by atoms with Crippen molar-refractivity contribution in [2.24, 2.45) is 5.92 Å². The first-order valence-corrected chi connectivity index (χ1v) is 7.33. The quantitative estimate of drug-likeness (QED) is 0.823. The number of nitrogens with one attached hydrogen (secondary N) is 1. The van der Waals surface area contributed by atoms with Crippen LogP contribution in [-0.2, 0) is 9.53 Å². The number of carbonyl (C=O) groups is 2. The molecule has 0 aliphatic carbocycles. The predicted octanol–water partition coefficient (Wildman–Crippen LogP) is 2.59. The summed E-state index contributed by atoms with van der Waals surface area (Å²) in [6, 6.07) is 6.56. The van der Waals surface area contributed by atoms with E-state index in [1.807, 2.05) is 20.8 Å². The number of benzene rings is 1. The molecule has 1 aliphatic heterocycles. The molecule has 1 aromatic rings. The van der Waals surface area contributed by atoms with Crippen molar-refractivity contribution < 1.29 is 19.4 Å². The van der Waals surface area contributed by atoms with Gasteiger partial charge in [-0.05, 0) is 39.3 Å². The van der Waals surface area contributed by atoms with Gasteiger partial charge in [0.2, 0.25) is 5.91 Å². The minimum Gasteiger partial charge on any atom is -0.506 e. The third-order valence-corrected chi connectivity index (χ3v) is 3.37. The minimum absolute atomic E-state index is 0.0258. The van der Waals surface area contributed by atoms with Crippen molar-refractivity contribution in [2.45, 2.75) is 32.8 Å². The van der Waals surface area contributed by atoms with Gasteiger partial charge in [0, 0.05) is 13.1 Å². The maximum absolute atomic E-state index is 12.2. The van der Waals surface area contributed by atoms with Crippen molar-refractivity contribution in [3.63, 3.8) is 0 Å². The van der Waals surface area contributed by atoms with E-state index in [0.717, 1.165) is 0 Å². The minimum atomic E-state index is -0.548. The Balaban J connectivity index is 1.91. The third-order valence-electron chi connectivity index (χ3n) is 3.37. The van der Waals surface area contributed by atoms with Crippen LogP contribution >= 0.6 is 0 Å². The van der Waals surface area contributed by atoms with Crippen molar-refractivity contribution in [2.75, 3.05) is 18.4 Å². The Morgan fingerprint density at radius 1 is 1.32 bits per heavy atom. The Kier molecular flexibility index (Phi) is 4.59. The third kappa shape index (κ3) is 4.13. The second-order valence-corrected chi connectivity index (χ2v) is 6.42. The highest BCUT2D eigenvalue weighted by Gasteiger charge is 2.33. The van der Waals surface area contributed by atoms with Crippen LogP contribution in [0.1, 0.15) is 27.2 Å². The Morgan fingerprint density at radius 2 is 2.00 bits per heavy atom. The maximum atomic E-state index is 12.2. The predicted molar refractivity (Wildman–Crippen MR) is 82.7 cm³/mol. The fourth-order valence-corrected chi connectivity index (χ4v) is 2.28. The molecule has 6 heteroatoms. The van der Waals surface area contributed by atoms with Crippen LogP contribution in [0.25, 0.3) is 0 Å². The summed E-state index contributed by atoms with van der Waals surface area (Å²) in [5.41, 5.74) is -0.170. The van der Waals surface area contributed by atoms with Crippen LogP contribution < -0.4 is 5.32 Å². The van der Waals surface area contributed by atoms with Gasteiger partial charge < -0.3 is 20.1 Å². The van der Waals surface area contributed by atoms with E-state index < -0.39 is 11.7 Å². The number of anilines is 1. The van der Waals surface area contributed by atoms with Gasteiger partial charge in [-0.15, -0.1) is 0 Å². The highest BCUT2D eigenvalue weighted by molar-refractivity contribution is 5.94. The molecule has 1 heterocycles.